The predicted molar refractivity (Wildman–Crippen MR) is 71.7 cm³/mol. The average Bonchev–Trinajstić information content (AvgIpc) is 3.11. The van der Waals surface area contributed by atoms with Gasteiger partial charge in [-0.2, -0.15) is 0 Å². The Morgan fingerprint density at radius 2 is 2.20 bits per heavy atom. The van der Waals surface area contributed by atoms with Crippen molar-refractivity contribution in [3.05, 3.63) is 12.7 Å². The Morgan fingerprint density at radius 3 is 3.00 bits per heavy atom. The van der Waals surface area contributed by atoms with Crippen LogP contribution in [0.15, 0.2) is 12.7 Å². The Hall–Kier alpha value is -1.73. The summed E-state index contributed by atoms with van der Waals surface area (Å²) in [6.45, 7) is 0. The average molecular weight is 275 g/mol. The first-order valence-corrected chi connectivity index (χ1v) is 6.98. The molecule has 20 heavy (non-hydrogen) atoms. The number of nitrogens with zero attached hydrogens (tertiary/aromatic N) is 4. The molecule has 3 atom stereocenters. The number of hydrogen-bond acceptors (Lipinski definition) is 6. The van der Waals surface area contributed by atoms with E-state index in [2.05, 4.69) is 15.0 Å². The zero-order valence-corrected chi connectivity index (χ0v) is 11.1. The lowest BCUT2D eigenvalue weighted by Crippen LogP contribution is -2.37. The van der Waals surface area contributed by atoms with Crippen LogP contribution in [0.4, 0.5) is 5.82 Å². The number of imidazole rings is 1. The van der Waals surface area contributed by atoms with Crippen LogP contribution >= 0.6 is 0 Å². The largest absolute Gasteiger partial charge is 0.390 e. The van der Waals surface area contributed by atoms with E-state index >= 15 is 0 Å². The maximum Gasteiger partial charge on any atom is 0.167 e. The van der Waals surface area contributed by atoms with E-state index in [1.807, 2.05) is 4.57 Å². The molecule has 0 aromatic carbocycles. The fourth-order valence-corrected chi connectivity index (χ4v) is 3.49. The van der Waals surface area contributed by atoms with E-state index in [0.717, 1.165) is 32.1 Å². The van der Waals surface area contributed by atoms with E-state index in [9.17, 15) is 5.11 Å². The molecule has 1 aliphatic heterocycles. The molecule has 2 aromatic heterocycles. The lowest BCUT2D eigenvalue weighted by molar-refractivity contribution is -0.119. The molecule has 0 unspecified atom stereocenters. The molecule has 2 aliphatic rings. The Morgan fingerprint density at radius 1 is 1.30 bits per heavy atom. The van der Waals surface area contributed by atoms with Crippen LogP contribution in [0.1, 0.15) is 38.3 Å². The highest BCUT2D eigenvalue weighted by molar-refractivity contribution is 5.81. The number of ether oxygens (including phenoxy) is 1. The monoisotopic (exact) mass is 275 g/mol. The van der Waals surface area contributed by atoms with Gasteiger partial charge in [-0.1, -0.05) is 0 Å². The highest BCUT2D eigenvalue weighted by atomic mass is 16.5. The molecule has 0 radical (unpaired) electrons. The molecule has 106 valence electrons. The first kappa shape index (κ1) is 12.0. The van der Waals surface area contributed by atoms with Crippen LogP contribution in [0.2, 0.25) is 0 Å². The van der Waals surface area contributed by atoms with Gasteiger partial charge >= 0.3 is 0 Å². The van der Waals surface area contributed by atoms with Crippen molar-refractivity contribution in [2.75, 3.05) is 5.73 Å². The highest BCUT2D eigenvalue weighted by Gasteiger charge is 2.49. The van der Waals surface area contributed by atoms with E-state index in [4.69, 9.17) is 10.5 Å². The molecule has 1 saturated carbocycles. The van der Waals surface area contributed by atoms with Crippen LogP contribution < -0.4 is 5.73 Å². The summed E-state index contributed by atoms with van der Waals surface area (Å²) in [4.78, 5) is 12.5. The highest BCUT2D eigenvalue weighted by Crippen LogP contribution is 2.47. The zero-order valence-electron chi connectivity index (χ0n) is 11.1. The molecule has 7 nitrogen and oxygen atoms in total. The lowest BCUT2D eigenvalue weighted by atomic mass is 9.96. The molecule has 2 aromatic rings. The van der Waals surface area contributed by atoms with Crippen LogP contribution in [0.3, 0.4) is 0 Å². The number of aliphatic hydroxyl groups excluding tert-OH is 1. The molecule has 1 saturated heterocycles. The van der Waals surface area contributed by atoms with Crippen molar-refractivity contribution in [1.29, 1.82) is 0 Å². The van der Waals surface area contributed by atoms with Gasteiger partial charge in [0, 0.05) is 0 Å². The normalized spacial score (nSPS) is 33.5. The van der Waals surface area contributed by atoms with Crippen molar-refractivity contribution < 1.29 is 9.84 Å². The van der Waals surface area contributed by atoms with Crippen molar-refractivity contribution >= 4 is 17.0 Å². The Labute approximate surface area is 115 Å². The topological polar surface area (TPSA) is 99.1 Å². The van der Waals surface area contributed by atoms with E-state index in [-0.39, 0.29) is 17.9 Å². The van der Waals surface area contributed by atoms with Crippen LogP contribution in [0.5, 0.6) is 0 Å². The minimum Gasteiger partial charge on any atom is -0.390 e. The molecule has 3 heterocycles. The molecular formula is C13H17N5O2. The van der Waals surface area contributed by atoms with Crippen molar-refractivity contribution in [3.8, 4) is 0 Å². The number of aromatic nitrogens is 4. The number of aliphatic hydroxyl groups is 1. The van der Waals surface area contributed by atoms with Crippen molar-refractivity contribution in [2.45, 2.75) is 50.0 Å². The van der Waals surface area contributed by atoms with E-state index < -0.39 is 0 Å². The van der Waals surface area contributed by atoms with Gasteiger partial charge in [-0.15, -0.1) is 0 Å². The van der Waals surface area contributed by atoms with Crippen LogP contribution in [0, 0.1) is 0 Å². The van der Waals surface area contributed by atoms with Crippen LogP contribution in [-0.4, -0.2) is 36.3 Å². The molecule has 0 bridgehead atoms. The Kier molecular flexibility index (Phi) is 2.49. The second-order valence-electron chi connectivity index (χ2n) is 5.67. The number of rotatable bonds is 1. The fourth-order valence-electron chi connectivity index (χ4n) is 3.49. The third-order valence-corrected chi connectivity index (χ3v) is 4.57. The molecular weight excluding hydrogens is 258 g/mol. The summed E-state index contributed by atoms with van der Waals surface area (Å²) < 4.78 is 8.08. The number of nitrogens with two attached hydrogens (primary N) is 1. The van der Waals surface area contributed by atoms with Gasteiger partial charge in [0.15, 0.2) is 11.5 Å². The standard InChI is InChI=1S/C13H17N5O2/c14-11-10-12(16-6-15-11)18(7-17-10)9-3-5-13(20-9)4-1-2-8(13)19/h6-9,19H,1-5H2,(H2,14,15,16)/t8-,9-,13+/m1/s1. The zero-order chi connectivity index (χ0) is 13.7. The van der Waals surface area contributed by atoms with Crippen LogP contribution in [0.25, 0.3) is 11.2 Å². The predicted octanol–water partition coefficient (Wildman–Crippen LogP) is 1.00. The Bertz CT molecular complexity index is 657. The first-order chi connectivity index (χ1) is 9.70. The van der Waals surface area contributed by atoms with Gasteiger partial charge in [-0.3, -0.25) is 4.57 Å². The van der Waals surface area contributed by atoms with Gasteiger partial charge in [-0.05, 0) is 32.1 Å². The summed E-state index contributed by atoms with van der Waals surface area (Å²) in [6, 6.07) is 0. The Balaban J connectivity index is 1.70. The van der Waals surface area contributed by atoms with Crippen molar-refractivity contribution in [1.82, 2.24) is 19.5 Å². The number of nitrogen functional groups attached to an aromatic ring is 1. The summed E-state index contributed by atoms with van der Waals surface area (Å²) in [7, 11) is 0. The maximum absolute atomic E-state index is 10.2. The quantitative estimate of drug-likeness (QED) is 0.805. The smallest absolute Gasteiger partial charge is 0.167 e. The van der Waals surface area contributed by atoms with Crippen molar-refractivity contribution in [3.63, 3.8) is 0 Å². The molecule has 2 fully saturated rings. The van der Waals surface area contributed by atoms with Gasteiger partial charge in [0.05, 0.1) is 18.0 Å². The minimum atomic E-state index is -0.375. The molecule has 7 heteroatoms. The van der Waals surface area contributed by atoms with E-state index in [1.165, 1.54) is 6.33 Å². The third-order valence-electron chi connectivity index (χ3n) is 4.57. The van der Waals surface area contributed by atoms with E-state index in [1.54, 1.807) is 6.33 Å². The second kappa shape index (κ2) is 4.13. The van der Waals surface area contributed by atoms with E-state index in [0.29, 0.717) is 17.0 Å². The lowest BCUT2D eigenvalue weighted by Gasteiger charge is -2.28. The number of anilines is 1. The summed E-state index contributed by atoms with van der Waals surface area (Å²) in [5, 5.41) is 10.2. The summed E-state index contributed by atoms with van der Waals surface area (Å²) in [6.07, 6.45) is 7.13. The van der Waals surface area contributed by atoms with Gasteiger partial charge in [0.2, 0.25) is 0 Å². The summed E-state index contributed by atoms with van der Waals surface area (Å²) in [5.41, 5.74) is 6.71. The number of hydrogen-bond donors (Lipinski definition) is 2. The summed E-state index contributed by atoms with van der Waals surface area (Å²) >= 11 is 0. The molecule has 3 N–H and O–H groups in total. The SMILES string of the molecule is Nc1ncnc2c1ncn2[C@H]1CC[C@]2(CCC[C@H]2O)O1. The molecule has 4 rings (SSSR count). The fraction of sp³-hybridized carbons (Fsp3) is 0.615. The molecule has 1 aliphatic carbocycles. The van der Waals surface area contributed by atoms with Crippen molar-refractivity contribution in [2.24, 2.45) is 0 Å². The maximum atomic E-state index is 10.2. The first-order valence-electron chi connectivity index (χ1n) is 6.98. The molecule has 0 amide bonds. The number of fused-ring (bicyclic) bond motifs is 1. The minimum absolute atomic E-state index is 0.137. The van der Waals surface area contributed by atoms with Gasteiger partial charge in [0.25, 0.3) is 0 Å². The third kappa shape index (κ3) is 1.56. The summed E-state index contributed by atoms with van der Waals surface area (Å²) in [5.74, 6) is 0.377. The van der Waals surface area contributed by atoms with Gasteiger partial charge in [0.1, 0.15) is 18.1 Å². The second-order valence-corrected chi connectivity index (χ2v) is 5.67. The van der Waals surface area contributed by atoms with Gasteiger partial charge < -0.3 is 15.6 Å². The van der Waals surface area contributed by atoms with Crippen LogP contribution in [-0.2, 0) is 4.74 Å². The molecule has 1 spiro atoms. The van der Waals surface area contributed by atoms with Gasteiger partial charge in [-0.25, -0.2) is 15.0 Å².